The van der Waals surface area contributed by atoms with Gasteiger partial charge in [-0.25, -0.2) is 12.7 Å². The minimum Gasteiger partial charge on any atom is -0.347 e. The third-order valence-corrected chi connectivity index (χ3v) is 6.95. The fraction of sp³-hybridized carbons (Fsp3) is 0.286. The molecule has 0 aromatic heterocycles. The van der Waals surface area contributed by atoms with Crippen LogP contribution in [0, 0.1) is 0 Å². The van der Waals surface area contributed by atoms with Gasteiger partial charge in [-0.15, -0.1) is 0 Å². The van der Waals surface area contributed by atoms with Crippen LogP contribution in [0.4, 0.5) is 5.69 Å². The molecule has 0 spiro atoms. The van der Waals surface area contributed by atoms with Crippen LogP contribution >= 0.6 is 0 Å². The van der Waals surface area contributed by atoms with Crippen molar-refractivity contribution in [3.8, 4) is 0 Å². The number of hydrogen-bond donors (Lipinski definition) is 0. The van der Waals surface area contributed by atoms with Crippen LogP contribution in [0.2, 0.25) is 0 Å². The van der Waals surface area contributed by atoms with Crippen LogP contribution in [0.3, 0.4) is 0 Å². The summed E-state index contributed by atoms with van der Waals surface area (Å²) in [6, 6.07) is 14.2. The van der Waals surface area contributed by atoms with Gasteiger partial charge in [0.15, 0.2) is 5.78 Å². The number of allylic oxidation sites excluding steroid dienone is 2. The first-order valence-electron chi connectivity index (χ1n) is 8.69. The number of hydrogen-bond acceptors (Lipinski definition) is 4. The summed E-state index contributed by atoms with van der Waals surface area (Å²) in [5, 5.41) is 0. The molecule has 0 aliphatic carbocycles. The van der Waals surface area contributed by atoms with E-state index in [1.807, 2.05) is 30.1 Å². The predicted octanol–water partition coefficient (Wildman–Crippen LogP) is 3.43. The number of sulfonamides is 1. The van der Waals surface area contributed by atoms with E-state index in [-0.39, 0.29) is 16.1 Å². The van der Waals surface area contributed by atoms with Gasteiger partial charge in [-0.3, -0.25) is 4.79 Å². The molecule has 0 radical (unpaired) electrons. The lowest BCUT2D eigenvalue weighted by Crippen LogP contribution is -2.24. The summed E-state index contributed by atoms with van der Waals surface area (Å²) >= 11 is 0. The predicted molar refractivity (Wildman–Crippen MR) is 108 cm³/mol. The van der Waals surface area contributed by atoms with Crippen molar-refractivity contribution < 1.29 is 13.2 Å². The lowest BCUT2D eigenvalue weighted by atomic mass is 9.83. The Morgan fingerprint density at radius 2 is 1.63 bits per heavy atom. The first-order valence-corrected chi connectivity index (χ1v) is 10.1. The zero-order valence-electron chi connectivity index (χ0n) is 16.2. The van der Waals surface area contributed by atoms with E-state index in [1.165, 1.54) is 31.8 Å². The molecule has 0 atom stereocenters. The summed E-state index contributed by atoms with van der Waals surface area (Å²) < 4.78 is 25.5. The van der Waals surface area contributed by atoms with Crippen LogP contribution in [0.5, 0.6) is 0 Å². The minimum absolute atomic E-state index is 0.147. The van der Waals surface area contributed by atoms with E-state index in [2.05, 4.69) is 19.9 Å². The molecule has 0 N–H and O–H groups in total. The van der Waals surface area contributed by atoms with E-state index >= 15 is 0 Å². The highest BCUT2D eigenvalue weighted by Crippen LogP contribution is 2.46. The Bertz CT molecular complexity index is 1020. The molecule has 0 amide bonds. The smallest absolute Gasteiger partial charge is 0.242 e. The Labute approximate surface area is 161 Å². The number of nitrogens with zero attached hydrogens (tertiary/aromatic N) is 2. The molecule has 27 heavy (non-hydrogen) atoms. The number of ketones is 1. The lowest BCUT2D eigenvalue weighted by Gasteiger charge is -2.24. The van der Waals surface area contributed by atoms with Crippen molar-refractivity contribution in [2.24, 2.45) is 0 Å². The monoisotopic (exact) mass is 384 g/mol. The molecular formula is C21H24N2O3S. The van der Waals surface area contributed by atoms with Crippen molar-refractivity contribution in [3.05, 3.63) is 71.4 Å². The van der Waals surface area contributed by atoms with Gasteiger partial charge < -0.3 is 4.90 Å². The summed E-state index contributed by atoms with van der Waals surface area (Å²) in [7, 11) is 1.41. The normalized spacial score (nSPS) is 17.4. The Balaban J connectivity index is 1.94. The van der Waals surface area contributed by atoms with Crippen LogP contribution in [-0.2, 0) is 15.4 Å². The third kappa shape index (κ3) is 3.19. The maximum Gasteiger partial charge on any atom is 0.242 e. The Kier molecular flexibility index (Phi) is 4.74. The van der Waals surface area contributed by atoms with Crippen molar-refractivity contribution in [1.82, 2.24) is 4.31 Å². The van der Waals surface area contributed by atoms with E-state index < -0.39 is 10.0 Å². The number of para-hydroxylation sites is 1. The maximum absolute atomic E-state index is 12.8. The zero-order valence-corrected chi connectivity index (χ0v) is 17.0. The SMILES string of the molecule is CN1/C(=C/C(=O)c2ccc(S(=O)(=O)N(C)C)cc2)C(C)(C)c2ccccc21. The Morgan fingerprint density at radius 3 is 2.19 bits per heavy atom. The van der Waals surface area contributed by atoms with E-state index in [1.54, 1.807) is 18.2 Å². The number of rotatable bonds is 4. The van der Waals surface area contributed by atoms with Gasteiger partial charge in [-0.05, 0) is 35.9 Å². The molecule has 1 heterocycles. The average Bonchev–Trinajstić information content (AvgIpc) is 2.83. The van der Waals surface area contributed by atoms with Crippen LogP contribution < -0.4 is 4.90 Å². The molecule has 2 aromatic rings. The van der Waals surface area contributed by atoms with Crippen molar-refractivity contribution in [2.75, 3.05) is 26.0 Å². The van der Waals surface area contributed by atoms with Gasteiger partial charge in [0.25, 0.3) is 0 Å². The summed E-state index contributed by atoms with van der Waals surface area (Å²) in [6.45, 7) is 4.20. The molecule has 0 bridgehead atoms. The van der Waals surface area contributed by atoms with E-state index in [9.17, 15) is 13.2 Å². The van der Waals surface area contributed by atoms with Gasteiger partial charge in [-0.1, -0.05) is 32.0 Å². The fourth-order valence-corrected chi connectivity index (χ4v) is 4.37. The van der Waals surface area contributed by atoms with E-state index in [0.717, 1.165) is 15.7 Å². The van der Waals surface area contributed by atoms with Gasteiger partial charge in [0, 0.05) is 49.6 Å². The number of carbonyl (C=O) groups excluding carboxylic acids is 1. The molecule has 1 aliphatic heterocycles. The van der Waals surface area contributed by atoms with Crippen molar-refractivity contribution in [2.45, 2.75) is 24.2 Å². The highest BCUT2D eigenvalue weighted by Gasteiger charge is 2.38. The molecule has 3 rings (SSSR count). The van der Waals surface area contributed by atoms with Crippen LogP contribution in [0.1, 0.15) is 29.8 Å². The molecule has 0 saturated heterocycles. The van der Waals surface area contributed by atoms with Gasteiger partial charge in [-0.2, -0.15) is 0 Å². The number of carbonyl (C=O) groups is 1. The number of likely N-dealkylation sites (N-methyl/N-ethyl adjacent to an activating group) is 1. The van der Waals surface area contributed by atoms with Gasteiger partial charge in [0.1, 0.15) is 0 Å². The Hall–Kier alpha value is -2.44. The number of benzene rings is 2. The molecule has 0 saturated carbocycles. The highest BCUT2D eigenvalue weighted by molar-refractivity contribution is 7.89. The molecule has 0 unspecified atom stereocenters. The van der Waals surface area contributed by atoms with Crippen molar-refractivity contribution in [1.29, 1.82) is 0 Å². The second-order valence-electron chi connectivity index (χ2n) is 7.41. The molecule has 1 aliphatic rings. The molecule has 142 valence electrons. The second-order valence-corrected chi connectivity index (χ2v) is 9.56. The fourth-order valence-electron chi connectivity index (χ4n) is 3.47. The van der Waals surface area contributed by atoms with Gasteiger partial charge in [0.05, 0.1) is 4.90 Å². The van der Waals surface area contributed by atoms with Crippen molar-refractivity contribution >= 4 is 21.5 Å². The molecular weight excluding hydrogens is 360 g/mol. The third-order valence-electron chi connectivity index (χ3n) is 5.13. The van der Waals surface area contributed by atoms with E-state index in [4.69, 9.17) is 0 Å². The lowest BCUT2D eigenvalue weighted by molar-refractivity contribution is 0.104. The molecule has 5 nitrogen and oxygen atoms in total. The second kappa shape index (κ2) is 6.62. The first-order chi connectivity index (χ1) is 12.6. The maximum atomic E-state index is 12.8. The van der Waals surface area contributed by atoms with Crippen LogP contribution in [-0.4, -0.2) is 39.6 Å². The number of fused-ring (bicyclic) bond motifs is 1. The standard InChI is InChI=1S/C21H24N2O3S/c1-21(2)17-8-6-7-9-18(17)23(5)20(21)14-19(24)15-10-12-16(13-11-15)27(25,26)22(3)4/h6-14H,1-5H3/b20-14+. The van der Waals surface area contributed by atoms with Crippen molar-refractivity contribution in [3.63, 3.8) is 0 Å². The van der Waals surface area contributed by atoms with Gasteiger partial charge >= 0.3 is 0 Å². The summed E-state index contributed by atoms with van der Waals surface area (Å²) in [5.74, 6) is -0.147. The molecule has 6 heteroatoms. The Morgan fingerprint density at radius 1 is 1.04 bits per heavy atom. The minimum atomic E-state index is -3.51. The summed E-state index contributed by atoms with van der Waals surface area (Å²) in [5.41, 5.74) is 3.36. The largest absolute Gasteiger partial charge is 0.347 e. The summed E-state index contributed by atoms with van der Waals surface area (Å²) in [4.78, 5) is 15.0. The quantitative estimate of drug-likeness (QED) is 0.599. The zero-order chi connectivity index (χ0) is 20.0. The highest BCUT2D eigenvalue weighted by atomic mass is 32.2. The molecule has 0 fully saturated rings. The van der Waals surface area contributed by atoms with Gasteiger partial charge in [0.2, 0.25) is 10.0 Å². The average molecular weight is 385 g/mol. The molecule has 2 aromatic carbocycles. The summed E-state index contributed by atoms with van der Waals surface area (Å²) in [6.07, 6.45) is 1.65. The first kappa shape index (κ1) is 19.3. The van der Waals surface area contributed by atoms with Crippen LogP contribution in [0.15, 0.2) is 65.2 Å². The van der Waals surface area contributed by atoms with E-state index in [0.29, 0.717) is 5.56 Å². The van der Waals surface area contributed by atoms with Crippen LogP contribution in [0.25, 0.3) is 0 Å². The topological polar surface area (TPSA) is 57.7 Å². The number of anilines is 1.